The van der Waals surface area contributed by atoms with E-state index in [2.05, 4.69) is 63.7 Å². The number of carbonyl (C=O) groups excluding carboxylic acids is 2. The summed E-state index contributed by atoms with van der Waals surface area (Å²) >= 11 is 2.12. The Morgan fingerprint density at radius 1 is 1.15 bits per heavy atom. The second kappa shape index (κ2) is 11.9. The molecule has 0 radical (unpaired) electrons. The Hall–Kier alpha value is -3.22. The van der Waals surface area contributed by atoms with Crippen molar-refractivity contribution in [3.63, 3.8) is 0 Å². The molecule has 3 rings (SSSR count). The van der Waals surface area contributed by atoms with Gasteiger partial charge in [0.1, 0.15) is 17.4 Å². The molecule has 0 aliphatic rings. The minimum Gasteiger partial charge on any atom is -0.482 e. The maximum absolute atomic E-state index is 13.5. The van der Waals surface area contributed by atoms with Crippen molar-refractivity contribution < 1.29 is 19.1 Å². The number of carbonyl (C=O) groups is 2. The van der Waals surface area contributed by atoms with Crippen molar-refractivity contribution in [2.45, 2.75) is 72.1 Å². The summed E-state index contributed by atoms with van der Waals surface area (Å²) in [6.45, 7) is 13.8. The quantitative estimate of drug-likeness (QED) is 0.319. The standard InChI is InChI=1S/C28H37IN6O4/c1-17(38-21-13-18(29)15-31-24(21)32-26(37)39-28(5,6)7)20-11-10-12-30-23(20)25(36)34(8)16-19-14-22(27(2,3)4)33-35(19)9/h10-15,17H,16H2,1-9H3,(H,31,32,37). The molecular formula is C28H37IN6O4. The van der Waals surface area contributed by atoms with E-state index in [1.807, 2.05) is 26.1 Å². The number of anilines is 1. The molecule has 1 atom stereocenters. The molecule has 1 unspecified atom stereocenters. The molecule has 0 saturated carbocycles. The fourth-order valence-corrected chi connectivity index (χ4v) is 4.12. The van der Waals surface area contributed by atoms with Crippen LogP contribution in [0.15, 0.2) is 36.7 Å². The van der Waals surface area contributed by atoms with Gasteiger partial charge in [0.25, 0.3) is 5.91 Å². The number of ether oxygens (including phenoxy) is 2. The van der Waals surface area contributed by atoms with E-state index < -0.39 is 17.8 Å². The molecule has 0 aromatic carbocycles. The average molecular weight is 649 g/mol. The summed E-state index contributed by atoms with van der Waals surface area (Å²) in [5.41, 5.74) is 2.01. The Morgan fingerprint density at radius 3 is 2.46 bits per heavy atom. The second-order valence-electron chi connectivity index (χ2n) is 11.4. The summed E-state index contributed by atoms with van der Waals surface area (Å²) < 4.78 is 14.2. The van der Waals surface area contributed by atoms with Crippen LogP contribution in [0.4, 0.5) is 10.6 Å². The van der Waals surface area contributed by atoms with Crippen LogP contribution in [-0.2, 0) is 23.7 Å². The Bertz CT molecular complexity index is 1340. The summed E-state index contributed by atoms with van der Waals surface area (Å²) in [7, 11) is 3.62. The monoisotopic (exact) mass is 648 g/mol. The van der Waals surface area contributed by atoms with E-state index in [1.54, 1.807) is 61.9 Å². The lowest BCUT2D eigenvalue weighted by Gasteiger charge is -2.23. The molecule has 210 valence electrons. The molecule has 0 aliphatic carbocycles. The van der Waals surface area contributed by atoms with E-state index in [0.29, 0.717) is 17.9 Å². The van der Waals surface area contributed by atoms with Crippen molar-refractivity contribution in [2.24, 2.45) is 7.05 Å². The largest absolute Gasteiger partial charge is 0.482 e. The molecule has 3 heterocycles. The van der Waals surface area contributed by atoms with Gasteiger partial charge < -0.3 is 14.4 Å². The predicted molar refractivity (Wildman–Crippen MR) is 158 cm³/mol. The van der Waals surface area contributed by atoms with Crippen LogP contribution in [0, 0.1) is 3.57 Å². The van der Waals surface area contributed by atoms with Gasteiger partial charge in [-0.25, -0.2) is 9.78 Å². The highest BCUT2D eigenvalue weighted by molar-refractivity contribution is 14.1. The molecule has 2 amide bonds. The smallest absolute Gasteiger partial charge is 0.413 e. The van der Waals surface area contributed by atoms with Gasteiger partial charge in [-0.15, -0.1) is 0 Å². The lowest BCUT2D eigenvalue weighted by Crippen LogP contribution is -2.29. The van der Waals surface area contributed by atoms with Gasteiger partial charge in [0.15, 0.2) is 11.6 Å². The van der Waals surface area contributed by atoms with Crippen LogP contribution in [0.3, 0.4) is 0 Å². The van der Waals surface area contributed by atoms with Crippen molar-refractivity contribution in [3.05, 3.63) is 62.9 Å². The Kier molecular flexibility index (Phi) is 9.24. The average Bonchev–Trinajstić information content (AvgIpc) is 3.19. The van der Waals surface area contributed by atoms with E-state index in [1.165, 1.54) is 0 Å². The van der Waals surface area contributed by atoms with Gasteiger partial charge >= 0.3 is 6.09 Å². The zero-order chi connectivity index (χ0) is 29.1. The van der Waals surface area contributed by atoms with Gasteiger partial charge in [-0.05, 0) is 68.5 Å². The summed E-state index contributed by atoms with van der Waals surface area (Å²) in [6, 6.07) is 7.35. The number of hydrogen-bond donors (Lipinski definition) is 1. The van der Waals surface area contributed by atoms with E-state index in [0.717, 1.165) is 15.0 Å². The van der Waals surface area contributed by atoms with E-state index in [4.69, 9.17) is 9.47 Å². The topological polar surface area (TPSA) is 111 Å². The third kappa shape index (κ3) is 8.13. The van der Waals surface area contributed by atoms with Crippen LogP contribution in [0.2, 0.25) is 0 Å². The van der Waals surface area contributed by atoms with Gasteiger partial charge in [0, 0.05) is 41.0 Å². The zero-order valence-corrected chi connectivity index (χ0v) is 26.2. The molecule has 0 fully saturated rings. The van der Waals surface area contributed by atoms with E-state index in [-0.39, 0.29) is 22.8 Å². The molecule has 10 nitrogen and oxygen atoms in total. The number of amides is 2. The molecule has 11 heteroatoms. The van der Waals surface area contributed by atoms with Crippen LogP contribution in [0.25, 0.3) is 0 Å². The van der Waals surface area contributed by atoms with Gasteiger partial charge in [-0.1, -0.05) is 26.8 Å². The summed E-state index contributed by atoms with van der Waals surface area (Å²) in [6.07, 6.45) is 1.98. The van der Waals surface area contributed by atoms with Crippen LogP contribution < -0.4 is 10.1 Å². The maximum Gasteiger partial charge on any atom is 0.413 e. The molecular weight excluding hydrogens is 611 g/mol. The minimum absolute atomic E-state index is 0.0964. The number of rotatable bonds is 7. The summed E-state index contributed by atoms with van der Waals surface area (Å²) in [5, 5.41) is 7.26. The molecule has 0 spiro atoms. The fraction of sp³-hybridized carbons (Fsp3) is 0.464. The molecule has 3 aromatic heterocycles. The molecule has 0 saturated heterocycles. The highest BCUT2D eigenvalue weighted by atomic mass is 127. The lowest BCUT2D eigenvalue weighted by atomic mass is 9.92. The summed E-state index contributed by atoms with van der Waals surface area (Å²) in [5.74, 6) is 0.323. The SMILES string of the molecule is CC(Oc1cc(I)cnc1NC(=O)OC(C)(C)C)c1cccnc1C(=O)N(C)Cc1cc(C(C)(C)C)nn1C. The minimum atomic E-state index is -0.664. The number of nitrogens with one attached hydrogen (secondary N) is 1. The number of nitrogens with zero attached hydrogens (tertiary/aromatic N) is 5. The Balaban J connectivity index is 1.82. The molecule has 3 aromatic rings. The molecule has 1 N–H and O–H groups in total. The van der Waals surface area contributed by atoms with Crippen LogP contribution >= 0.6 is 22.6 Å². The van der Waals surface area contributed by atoms with Gasteiger partial charge in [0.05, 0.1) is 17.9 Å². The van der Waals surface area contributed by atoms with Crippen LogP contribution in [-0.4, -0.2) is 49.3 Å². The Labute approximate surface area is 243 Å². The maximum atomic E-state index is 13.5. The number of aryl methyl sites for hydroxylation is 1. The van der Waals surface area contributed by atoms with E-state index in [9.17, 15) is 9.59 Å². The predicted octanol–water partition coefficient (Wildman–Crippen LogP) is 5.87. The first-order valence-corrected chi connectivity index (χ1v) is 13.7. The first kappa shape index (κ1) is 30.3. The number of hydrogen-bond acceptors (Lipinski definition) is 7. The number of pyridine rings is 2. The van der Waals surface area contributed by atoms with Crippen LogP contribution in [0.5, 0.6) is 5.75 Å². The van der Waals surface area contributed by atoms with Crippen molar-refractivity contribution in [3.8, 4) is 5.75 Å². The van der Waals surface area contributed by atoms with E-state index >= 15 is 0 Å². The number of aromatic nitrogens is 4. The normalized spacial score (nSPS) is 12.6. The molecule has 0 bridgehead atoms. The Morgan fingerprint density at radius 2 is 1.85 bits per heavy atom. The second-order valence-corrected chi connectivity index (χ2v) is 12.6. The molecule has 0 aliphatic heterocycles. The van der Waals surface area contributed by atoms with Crippen molar-refractivity contribution in [1.82, 2.24) is 24.6 Å². The third-order valence-corrected chi connectivity index (χ3v) is 6.30. The van der Waals surface area contributed by atoms with Gasteiger partial charge in [-0.2, -0.15) is 5.10 Å². The first-order chi connectivity index (χ1) is 18.0. The van der Waals surface area contributed by atoms with Crippen LogP contribution in [0.1, 0.15) is 82.0 Å². The van der Waals surface area contributed by atoms with Gasteiger partial charge in [0.2, 0.25) is 0 Å². The van der Waals surface area contributed by atoms with Crippen molar-refractivity contribution in [2.75, 3.05) is 12.4 Å². The fourth-order valence-electron chi connectivity index (χ4n) is 3.70. The molecule has 39 heavy (non-hydrogen) atoms. The first-order valence-electron chi connectivity index (χ1n) is 12.6. The van der Waals surface area contributed by atoms with Gasteiger partial charge in [-0.3, -0.25) is 19.8 Å². The zero-order valence-electron chi connectivity index (χ0n) is 24.0. The third-order valence-electron chi connectivity index (χ3n) is 5.71. The number of halogens is 1. The summed E-state index contributed by atoms with van der Waals surface area (Å²) in [4.78, 5) is 36.2. The van der Waals surface area contributed by atoms with Crippen molar-refractivity contribution >= 4 is 40.4 Å². The lowest BCUT2D eigenvalue weighted by molar-refractivity contribution is 0.0633. The highest BCUT2D eigenvalue weighted by Gasteiger charge is 2.25. The van der Waals surface area contributed by atoms with Crippen molar-refractivity contribution in [1.29, 1.82) is 0 Å². The highest BCUT2D eigenvalue weighted by Crippen LogP contribution is 2.31.